The molecule has 17 heavy (non-hydrogen) atoms. The highest BCUT2D eigenvalue weighted by Crippen LogP contribution is 2.12. The van der Waals surface area contributed by atoms with E-state index in [1.165, 1.54) is 16.2 Å². The van der Waals surface area contributed by atoms with Gasteiger partial charge in [0.15, 0.2) is 0 Å². The maximum absolute atomic E-state index is 5.16. The topological polar surface area (TPSA) is 13.7 Å². The Bertz CT molecular complexity index is 450. The maximum Gasteiger partial charge on any atom is 0.131 e. The van der Waals surface area contributed by atoms with E-state index in [9.17, 15) is 0 Å². The Morgan fingerprint density at radius 1 is 0.941 bits per heavy atom. The number of hydrogen-bond donors (Lipinski definition) is 1. The summed E-state index contributed by atoms with van der Waals surface area (Å²) in [5.41, 5.74) is 2.62. The molecule has 0 amide bonds. The van der Waals surface area contributed by atoms with E-state index in [2.05, 4.69) is 43.4 Å². The molecule has 88 valence electrons. The fraction of sp³-hybridized carbons (Fsp3) is 0.200. The Morgan fingerprint density at radius 2 is 1.59 bits per heavy atom. The van der Waals surface area contributed by atoms with Gasteiger partial charge in [0.05, 0.1) is 14.2 Å². The summed E-state index contributed by atoms with van der Waals surface area (Å²) in [5.74, 6) is 0.904. The van der Waals surface area contributed by atoms with Crippen LogP contribution in [0.5, 0.6) is 5.75 Å². The minimum atomic E-state index is 0.904. The van der Waals surface area contributed by atoms with E-state index in [-0.39, 0.29) is 0 Å². The standard InChI is InChI=1S/C15H17NO/c1-16(12-13-6-4-3-5-7-13)14-8-10-15(17-2)11-9-14/h3-11H,12H2,1-2H3/p+1. The van der Waals surface area contributed by atoms with Crippen LogP contribution in [-0.4, -0.2) is 14.2 Å². The molecule has 2 aromatic carbocycles. The number of rotatable bonds is 4. The average molecular weight is 228 g/mol. The highest BCUT2D eigenvalue weighted by atomic mass is 16.5. The van der Waals surface area contributed by atoms with Gasteiger partial charge in [-0.3, -0.25) is 0 Å². The molecule has 2 nitrogen and oxygen atoms in total. The highest BCUT2D eigenvalue weighted by Gasteiger charge is 2.07. The number of quaternary nitrogens is 1. The molecule has 1 atom stereocenters. The lowest BCUT2D eigenvalue weighted by Crippen LogP contribution is -3.02. The van der Waals surface area contributed by atoms with Crippen molar-refractivity contribution < 1.29 is 9.64 Å². The molecule has 2 rings (SSSR count). The Kier molecular flexibility index (Phi) is 3.78. The molecule has 1 unspecified atom stereocenters. The summed E-state index contributed by atoms with van der Waals surface area (Å²) in [6.07, 6.45) is 0. The second kappa shape index (κ2) is 5.51. The SMILES string of the molecule is COc1ccc([NH+](C)Cc2ccccc2)cc1. The van der Waals surface area contributed by atoms with Gasteiger partial charge in [0.1, 0.15) is 18.0 Å². The van der Waals surface area contributed by atoms with Crippen LogP contribution in [0.2, 0.25) is 0 Å². The zero-order valence-electron chi connectivity index (χ0n) is 10.3. The molecule has 0 fully saturated rings. The third-order valence-electron chi connectivity index (χ3n) is 2.89. The monoisotopic (exact) mass is 228 g/mol. The van der Waals surface area contributed by atoms with Crippen molar-refractivity contribution in [2.75, 3.05) is 14.2 Å². The van der Waals surface area contributed by atoms with E-state index in [0.29, 0.717) is 0 Å². The summed E-state index contributed by atoms with van der Waals surface area (Å²) in [6, 6.07) is 18.8. The number of nitrogens with one attached hydrogen (secondary N) is 1. The molecule has 0 saturated carbocycles. The molecule has 0 saturated heterocycles. The van der Waals surface area contributed by atoms with Crippen LogP contribution in [0.4, 0.5) is 5.69 Å². The molecule has 0 aliphatic rings. The number of ether oxygens (including phenoxy) is 1. The first-order valence-corrected chi connectivity index (χ1v) is 5.80. The predicted octanol–water partition coefficient (Wildman–Crippen LogP) is 2.04. The third-order valence-corrected chi connectivity index (χ3v) is 2.89. The van der Waals surface area contributed by atoms with E-state index in [1.807, 2.05) is 18.2 Å². The van der Waals surface area contributed by atoms with E-state index in [4.69, 9.17) is 4.74 Å². The summed E-state index contributed by atoms with van der Waals surface area (Å²) >= 11 is 0. The molecule has 0 spiro atoms. The number of methoxy groups -OCH3 is 1. The lowest BCUT2D eigenvalue weighted by molar-refractivity contribution is -0.825. The van der Waals surface area contributed by atoms with Crippen molar-refractivity contribution in [3.63, 3.8) is 0 Å². The van der Waals surface area contributed by atoms with E-state index < -0.39 is 0 Å². The summed E-state index contributed by atoms with van der Waals surface area (Å²) in [6.45, 7) is 0.993. The van der Waals surface area contributed by atoms with Gasteiger partial charge in [-0.05, 0) is 12.1 Å². The van der Waals surface area contributed by atoms with Crippen LogP contribution < -0.4 is 9.64 Å². The van der Waals surface area contributed by atoms with Crippen LogP contribution in [0.25, 0.3) is 0 Å². The second-order valence-corrected chi connectivity index (χ2v) is 4.17. The van der Waals surface area contributed by atoms with Crippen molar-refractivity contribution in [2.24, 2.45) is 0 Å². The lowest BCUT2D eigenvalue weighted by atomic mass is 10.2. The van der Waals surface area contributed by atoms with Gasteiger partial charge in [-0.15, -0.1) is 0 Å². The van der Waals surface area contributed by atoms with Crippen LogP contribution in [0, 0.1) is 0 Å². The molecule has 0 bridgehead atoms. The van der Waals surface area contributed by atoms with Gasteiger partial charge in [-0.1, -0.05) is 30.3 Å². The summed E-state index contributed by atoms with van der Waals surface area (Å²) in [4.78, 5) is 1.37. The van der Waals surface area contributed by atoms with Gasteiger partial charge in [-0.2, -0.15) is 0 Å². The average Bonchev–Trinajstić information content (AvgIpc) is 2.40. The van der Waals surface area contributed by atoms with E-state index >= 15 is 0 Å². The summed E-state index contributed by atoms with van der Waals surface area (Å²) in [5, 5.41) is 0. The van der Waals surface area contributed by atoms with Gasteiger partial charge in [0, 0.05) is 17.7 Å². The van der Waals surface area contributed by atoms with Gasteiger partial charge in [0.2, 0.25) is 0 Å². The summed E-state index contributed by atoms with van der Waals surface area (Å²) in [7, 11) is 3.87. The number of benzene rings is 2. The Morgan fingerprint density at radius 3 is 2.18 bits per heavy atom. The molecule has 0 aromatic heterocycles. The van der Waals surface area contributed by atoms with Crippen molar-refractivity contribution in [1.29, 1.82) is 0 Å². The molecule has 0 aliphatic carbocycles. The Labute approximate surface area is 102 Å². The zero-order valence-corrected chi connectivity index (χ0v) is 10.3. The first kappa shape index (κ1) is 11.7. The van der Waals surface area contributed by atoms with Crippen molar-refractivity contribution in [3.8, 4) is 5.75 Å². The fourth-order valence-electron chi connectivity index (χ4n) is 1.88. The minimum Gasteiger partial charge on any atom is -0.497 e. The first-order valence-electron chi connectivity index (χ1n) is 5.80. The molecule has 0 radical (unpaired) electrons. The highest BCUT2D eigenvalue weighted by molar-refractivity contribution is 5.35. The summed E-state index contributed by atoms with van der Waals surface area (Å²) < 4.78 is 5.16. The van der Waals surface area contributed by atoms with Gasteiger partial charge < -0.3 is 9.64 Å². The van der Waals surface area contributed by atoms with Crippen LogP contribution in [0.3, 0.4) is 0 Å². The molecule has 0 heterocycles. The van der Waals surface area contributed by atoms with Crippen LogP contribution in [0.15, 0.2) is 54.6 Å². The van der Waals surface area contributed by atoms with Gasteiger partial charge in [0.25, 0.3) is 0 Å². The van der Waals surface area contributed by atoms with Crippen molar-refractivity contribution in [1.82, 2.24) is 0 Å². The van der Waals surface area contributed by atoms with Gasteiger partial charge >= 0.3 is 0 Å². The van der Waals surface area contributed by atoms with Crippen molar-refractivity contribution in [2.45, 2.75) is 6.54 Å². The fourth-order valence-corrected chi connectivity index (χ4v) is 1.88. The molecule has 2 heteroatoms. The minimum absolute atomic E-state index is 0.904. The molecule has 2 aromatic rings. The maximum atomic E-state index is 5.16. The largest absolute Gasteiger partial charge is 0.497 e. The Balaban J connectivity index is 2.06. The normalized spacial score (nSPS) is 12.1. The van der Waals surface area contributed by atoms with Crippen LogP contribution in [-0.2, 0) is 6.54 Å². The molecular weight excluding hydrogens is 210 g/mol. The molecular formula is C15H18NO+. The Hall–Kier alpha value is -1.80. The smallest absolute Gasteiger partial charge is 0.131 e. The van der Waals surface area contributed by atoms with E-state index in [0.717, 1.165) is 12.3 Å². The van der Waals surface area contributed by atoms with Crippen molar-refractivity contribution >= 4 is 5.69 Å². The van der Waals surface area contributed by atoms with Gasteiger partial charge in [-0.25, -0.2) is 0 Å². The van der Waals surface area contributed by atoms with Crippen LogP contribution in [0.1, 0.15) is 5.56 Å². The predicted molar refractivity (Wildman–Crippen MR) is 69.7 cm³/mol. The zero-order chi connectivity index (χ0) is 12.1. The third kappa shape index (κ3) is 3.08. The lowest BCUT2D eigenvalue weighted by Gasteiger charge is -2.13. The van der Waals surface area contributed by atoms with E-state index in [1.54, 1.807) is 7.11 Å². The molecule has 1 N–H and O–H groups in total. The van der Waals surface area contributed by atoms with Crippen LogP contribution >= 0.6 is 0 Å². The molecule has 0 aliphatic heterocycles. The first-order chi connectivity index (χ1) is 8.29. The van der Waals surface area contributed by atoms with Crippen molar-refractivity contribution in [3.05, 3.63) is 60.2 Å². The second-order valence-electron chi connectivity index (χ2n) is 4.17. The quantitative estimate of drug-likeness (QED) is 0.845. The number of hydrogen-bond acceptors (Lipinski definition) is 1.